The molecule has 2 aromatic rings. The van der Waals surface area contributed by atoms with Gasteiger partial charge in [0, 0.05) is 26.0 Å². The smallest absolute Gasteiger partial charge is 0.278 e. The quantitative estimate of drug-likeness (QED) is 0.671. The van der Waals surface area contributed by atoms with Crippen LogP contribution in [0.3, 0.4) is 0 Å². The Morgan fingerprint density at radius 1 is 1.10 bits per heavy atom. The van der Waals surface area contributed by atoms with Crippen molar-refractivity contribution in [1.82, 2.24) is 14.8 Å². The first-order chi connectivity index (χ1) is 14.0. The van der Waals surface area contributed by atoms with Crippen LogP contribution in [0.2, 0.25) is 0 Å². The van der Waals surface area contributed by atoms with Gasteiger partial charge in [-0.1, -0.05) is 12.1 Å². The van der Waals surface area contributed by atoms with E-state index in [1.807, 2.05) is 0 Å². The maximum Gasteiger partial charge on any atom is 0.278 e. The van der Waals surface area contributed by atoms with Crippen molar-refractivity contribution < 1.29 is 24.2 Å². The fourth-order valence-corrected chi connectivity index (χ4v) is 3.25. The van der Waals surface area contributed by atoms with Crippen molar-refractivity contribution in [2.45, 2.75) is 6.54 Å². The third-order valence-corrected chi connectivity index (χ3v) is 4.70. The number of pyridine rings is 1. The summed E-state index contributed by atoms with van der Waals surface area (Å²) in [5.74, 6) is 0.143. The van der Waals surface area contributed by atoms with E-state index in [1.54, 1.807) is 54.7 Å². The molecule has 0 saturated carbocycles. The number of nitrogens with zero attached hydrogens (tertiary/aromatic N) is 3. The molecule has 152 valence electrons. The van der Waals surface area contributed by atoms with Crippen LogP contribution in [0.25, 0.3) is 5.57 Å². The normalized spacial score (nSPS) is 13.9. The highest BCUT2D eigenvalue weighted by molar-refractivity contribution is 6.35. The Balaban J connectivity index is 2.06. The number of methoxy groups -OCH3 is 2. The highest BCUT2D eigenvalue weighted by atomic mass is 16.5. The number of carbonyl (C=O) groups is 2. The summed E-state index contributed by atoms with van der Waals surface area (Å²) in [6.07, 6.45) is 3.25. The van der Waals surface area contributed by atoms with Crippen LogP contribution in [0.4, 0.5) is 0 Å². The van der Waals surface area contributed by atoms with Gasteiger partial charge in [-0.25, -0.2) is 0 Å². The third-order valence-electron chi connectivity index (χ3n) is 4.70. The molecule has 0 unspecified atom stereocenters. The summed E-state index contributed by atoms with van der Waals surface area (Å²) in [6.45, 7) is 0.175. The lowest BCUT2D eigenvalue weighted by Crippen LogP contribution is -2.34. The molecule has 1 aliphatic heterocycles. The molecule has 8 heteroatoms. The average molecular weight is 397 g/mol. The van der Waals surface area contributed by atoms with E-state index in [9.17, 15) is 14.7 Å². The number of amides is 2. The molecule has 0 spiro atoms. The van der Waals surface area contributed by atoms with Gasteiger partial charge in [0.15, 0.2) is 11.5 Å². The number of aromatic nitrogens is 1. The van der Waals surface area contributed by atoms with E-state index in [-0.39, 0.29) is 31.0 Å². The second kappa shape index (κ2) is 8.74. The van der Waals surface area contributed by atoms with Crippen LogP contribution < -0.4 is 9.47 Å². The van der Waals surface area contributed by atoms with Gasteiger partial charge in [0.05, 0.1) is 32.9 Å². The minimum Gasteiger partial charge on any atom is -0.493 e. The summed E-state index contributed by atoms with van der Waals surface area (Å²) >= 11 is 0. The molecule has 2 amide bonds. The molecule has 1 aromatic heterocycles. The number of ether oxygens (including phenoxy) is 2. The molecule has 1 N–H and O–H groups in total. The zero-order valence-electron chi connectivity index (χ0n) is 16.6. The Kier molecular flexibility index (Phi) is 6.13. The van der Waals surface area contributed by atoms with Crippen molar-refractivity contribution in [1.29, 1.82) is 0 Å². The molecule has 0 radical (unpaired) electrons. The molecule has 0 atom stereocenters. The van der Waals surface area contributed by atoms with Crippen LogP contribution in [0.1, 0.15) is 11.1 Å². The number of hydrogen-bond donors (Lipinski definition) is 1. The number of carbonyl (C=O) groups excluding carboxylic acids is 2. The summed E-state index contributed by atoms with van der Waals surface area (Å²) < 4.78 is 10.6. The monoisotopic (exact) mass is 397 g/mol. The highest BCUT2D eigenvalue weighted by Gasteiger charge is 2.40. The molecule has 0 saturated heterocycles. The molecule has 0 aliphatic carbocycles. The van der Waals surface area contributed by atoms with Gasteiger partial charge in [-0.15, -0.1) is 0 Å². The van der Waals surface area contributed by atoms with Gasteiger partial charge < -0.3 is 19.5 Å². The van der Waals surface area contributed by atoms with Crippen LogP contribution >= 0.6 is 0 Å². The van der Waals surface area contributed by atoms with E-state index in [0.29, 0.717) is 17.1 Å². The number of imide groups is 1. The molecule has 1 aliphatic rings. The SMILES string of the molecule is COc1ccc(C2=C(N(C)CCO)C(=O)N(Cc3cccnc3)C2=O)cc1OC. The zero-order chi connectivity index (χ0) is 21.0. The lowest BCUT2D eigenvalue weighted by Gasteiger charge is -2.20. The van der Waals surface area contributed by atoms with Gasteiger partial charge in [0.2, 0.25) is 0 Å². The first-order valence-electron chi connectivity index (χ1n) is 9.05. The van der Waals surface area contributed by atoms with Crippen LogP contribution in [-0.2, 0) is 16.1 Å². The Hall–Kier alpha value is -3.39. The maximum atomic E-state index is 13.3. The maximum absolute atomic E-state index is 13.3. The molecule has 0 fully saturated rings. The standard InChI is InChI=1S/C21H23N3O5/c1-23(9-10-25)19-18(15-6-7-16(28-2)17(11-15)29-3)20(26)24(21(19)27)13-14-5-4-8-22-12-14/h4-8,11-12,25H,9-10,13H2,1-3H3. The second-order valence-electron chi connectivity index (χ2n) is 6.50. The van der Waals surface area contributed by atoms with Gasteiger partial charge in [0.1, 0.15) is 5.70 Å². The Bertz CT molecular complexity index is 943. The zero-order valence-corrected chi connectivity index (χ0v) is 16.6. The van der Waals surface area contributed by atoms with Crippen LogP contribution in [0.15, 0.2) is 48.4 Å². The fraction of sp³-hybridized carbons (Fsp3) is 0.286. The van der Waals surface area contributed by atoms with Crippen molar-refractivity contribution >= 4 is 17.4 Å². The van der Waals surface area contributed by atoms with Crippen LogP contribution in [0.5, 0.6) is 11.5 Å². The summed E-state index contributed by atoms with van der Waals surface area (Å²) in [5.41, 5.74) is 1.78. The molecule has 2 heterocycles. The first kappa shape index (κ1) is 20.3. The van der Waals surface area contributed by atoms with Gasteiger partial charge in [-0.05, 0) is 29.3 Å². The van der Waals surface area contributed by atoms with E-state index in [2.05, 4.69) is 4.98 Å². The average Bonchev–Trinajstić information content (AvgIpc) is 2.99. The minimum atomic E-state index is -0.417. The largest absolute Gasteiger partial charge is 0.493 e. The summed E-state index contributed by atoms with van der Waals surface area (Å²) in [7, 11) is 4.70. The van der Waals surface area contributed by atoms with E-state index in [4.69, 9.17) is 9.47 Å². The van der Waals surface area contributed by atoms with E-state index in [1.165, 1.54) is 19.1 Å². The van der Waals surface area contributed by atoms with Crippen molar-refractivity contribution in [2.24, 2.45) is 0 Å². The third kappa shape index (κ3) is 3.93. The van der Waals surface area contributed by atoms with E-state index < -0.39 is 11.8 Å². The molecular weight excluding hydrogens is 374 g/mol. The Labute approximate surface area is 169 Å². The fourth-order valence-electron chi connectivity index (χ4n) is 3.25. The molecule has 29 heavy (non-hydrogen) atoms. The van der Waals surface area contributed by atoms with E-state index >= 15 is 0 Å². The molecule has 8 nitrogen and oxygen atoms in total. The van der Waals surface area contributed by atoms with Crippen LogP contribution in [-0.4, -0.2) is 66.1 Å². The number of aliphatic hydroxyl groups excluding tert-OH is 1. The number of likely N-dealkylation sites (N-methyl/N-ethyl adjacent to an activating group) is 1. The summed E-state index contributed by atoms with van der Waals surface area (Å²) in [4.78, 5) is 33.2. The second-order valence-corrected chi connectivity index (χ2v) is 6.50. The number of aliphatic hydroxyl groups is 1. The van der Waals surface area contributed by atoms with Gasteiger partial charge in [-0.2, -0.15) is 0 Å². The van der Waals surface area contributed by atoms with Crippen molar-refractivity contribution in [2.75, 3.05) is 34.4 Å². The molecule has 1 aromatic carbocycles. The van der Waals surface area contributed by atoms with Crippen LogP contribution in [0, 0.1) is 0 Å². The molecule has 0 bridgehead atoms. The summed E-state index contributed by atoms with van der Waals surface area (Å²) in [6, 6.07) is 8.62. The van der Waals surface area contributed by atoms with Gasteiger partial charge in [0.25, 0.3) is 11.8 Å². The van der Waals surface area contributed by atoms with E-state index in [0.717, 1.165) is 5.56 Å². The number of benzene rings is 1. The van der Waals surface area contributed by atoms with Crippen molar-refractivity contribution in [3.05, 3.63) is 59.5 Å². The molecular formula is C21H23N3O5. The Morgan fingerprint density at radius 2 is 1.86 bits per heavy atom. The Morgan fingerprint density at radius 3 is 2.48 bits per heavy atom. The predicted molar refractivity (Wildman–Crippen MR) is 106 cm³/mol. The van der Waals surface area contributed by atoms with Gasteiger partial charge >= 0.3 is 0 Å². The first-order valence-corrected chi connectivity index (χ1v) is 9.05. The van der Waals surface area contributed by atoms with Crippen molar-refractivity contribution in [3.63, 3.8) is 0 Å². The van der Waals surface area contributed by atoms with Gasteiger partial charge in [-0.3, -0.25) is 19.5 Å². The predicted octanol–water partition coefficient (Wildman–Crippen LogP) is 1.30. The lowest BCUT2D eigenvalue weighted by molar-refractivity contribution is -0.138. The number of hydrogen-bond acceptors (Lipinski definition) is 7. The minimum absolute atomic E-state index is 0.110. The number of rotatable bonds is 8. The molecule has 3 rings (SSSR count). The topological polar surface area (TPSA) is 92.2 Å². The highest BCUT2D eigenvalue weighted by Crippen LogP contribution is 2.36. The summed E-state index contributed by atoms with van der Waals surface area (Å²) in [5, 5.41) is 9.34. The van der Waals surface area contributed by atoms with Crippen molar-refractivity contribution in [3.8, 4) is 11.5 Å². The lowest BCUT2D eigenvalue weighted by atomic mass is 10.0.